The average Bonchev–Trinajstić information content (AvgIpc) is 3.21. The predicted octanol–water partition coefficient (Wildman–Crippen LogP) is 5.80. The zero-order chi connectivity index (χ0) is 20.3. The van der Waals surface area contributed by atoms with E-state index in [4.69, 9.17) is 9.84 Å². The number of Topliss-reactive ketones (excluding diaryl/α,β-unsaturated/α-hetero) is 1. The van der Waals surface area contributed by atoms with Gasteiger partial charge in [0.05, 0.1) is 11.7 Å². The topological polar surface area (TPSA) is 63.6 Å². The molecule has 1 N–H and O–H groups in total. The molecule has 0 aliphatic rings. The highest BCUT2D eigenvalue weighted by molar-refractivity contribution is 7.13. The lowest BCUT2D eigenvalue weighted by Crippen LogP contribution is -2.10. The SMILES string of the molecule is C=C(C(=O)c1ccc(C(=O)O)cc1)c1cc(-c2cccs2)ccc1OC(C)C. The van der Waals surface area contributed by atoms with Gasteiger partial charge in [-0.3, -0.25) is 4.79 Å². The van der Waals surface area contributed by atoms with Crippen LogP contribution in [0.1, 0.15) is 40.1 Å². The maximum Gasteiger partial charge on any atom is 0.335 e. The summed E-state index contributed by atoms with van der Waals surface area (Å²) < 4.78 is 5.89. The van der Waals surface area contributed by atoms with Gasteiger partial charge in [0.25, 0.3) is 0 Å². The maximum absolute atomic E-state index is 13.0. The van der Waals surface area contributed by atoms with E-state index in [2.05, 4.69) is 6.58 Å². The highest BCUT2D eigenvalue weighted by atomic mass is 32.1. The second-order valence-electron chi connectivity index (χ2n) is 6.55. The lowest BCUT2D eigenvalue weighted by molar-refractivity contribution is 0.0696. The van der Waals surface area contributed by atoms with Crippen LogP contribution in [0.15, 0.2) is 66.6 Å². The van der Waals surface area contributed by atoms with Crippen molar-refractivity contribution in [3.8, 4) is 16.2 Å². The number of aromatic carboxylic acids is 1. The van der Waals surface area contributed by atoms with E-state index in [0.29, 0.717) is 22.4 Å². The van der Waals surface area contributed by atoms with Crippen molar-refractivity contribution in [2.75, 3.05) is 0 Å². The van der Waals surface area contributed by atoms with Gasteiger partial charge in [-0.05, 0) is 61.2 Å². The molecule has 4 nitrogen and oxygen atoms in total. The summed E-state index contributed by atoms with van der Waals surface area (Å²) in [5, 5.41) is 11.0. The number of carboxylic acid groups (broad SMARTS) is 1. The van der Waals surface area contributed by atoms with Crippen LogP contribution < -0.4 is 4.74 Å². The number of carbonyl (C=O) groups is 2. The summed E-state index contributed by atoms with van der Waals surface area (Å²) in [6.07, 6.45) is -0.0518. The van der Waals surface area contributed by atoms with E-state index in [1.54, 1.807) is 11.3 Å². The fourth-order valence-electron chi connectivity index (χ4n) is 2.78. The smallest absolute Gasteiger partial charge is 0.335 e. The summed E-state index contributed by atoms with van der Waals surface area (Å²) in [6, 6.07) is 15.6. The number of allylic oxidation sites excluding steroid dienone is 1. The van der Waals surface area contributed by atoms with Crippen LogP contribution in [0.4, 0.5) is 0 Å². The van der Waals surface area contributed by atoms with Crippen molar-refractivity contribution in [2.24, 2.45) is 0 Å². The van der Waals surface area contributed by atoms with Crippen LogP contribution in [0.3, 0.4) is 0 Å². The van der Waals surface area contributed by atoms with Gasteiger partial charge in [-0.2, -0.15) is 0 Å². The molecule has 3 aromatic rings. The molecule has 0 amide bonds. The van der Waals surface area contributed by atoms with E-state index in [-0.39, 0.29) is 17.5 Å². The Kier molecular flexibility index (Phi) is 5.76. The minimum atomic E-state index is -1.03. The highest BCUT2D eigenvalue weighted by Crippen LogP contribution is 2.34. The third-order valence-electron chi connectivity index (χ3n) is 4.14. The molecule has 0 bridgehead atoms. The normalized spacial score (nSPS) is 10.7. The third-order valence-corrected chi connectivity index (χ3v) is 5.06. The molecule has 0 fully saturated rings. The summed E-state index contributed by atoms with van der Waals surface area (Å²) in [6.45, 7) is 7.85. The number of thiophene rings is 1. The molecule has 5 heteroatoms. The van der Waals surface area contributed by atoms with Crippen LogP contribution in [0.25, 0.3) is 16.0 Å². The fraction of sp³-hybridized carbons (Fsp3) is 0.130. The Morgan fingerprint density at radius 1 is 1.04 bits per heavy atom. The molecule has 28 heavy (non-hydrogen) atoms. The van der Waals surface area contributed by atoms with Crippen LogP contribution >= 0.6 is 11.3 Å². The summed E-state index contributed by atoms with van der Waals surface area (Å²) in [5.41, 5.74) is 2.43. The standard InChI is InChI=1S/C23H20O4S/c1-14(2)27-20-11-10-18(21-5-4-12-28-21)13-19(20)15(3)22(24)16-6-8-17(9-7-16)23(25)26/h4-14H,3H2,1-2H3,(H,25,26). The van der Waals surface area contributed by atoms with Gasteiger partial charge < -0.3 is 9.84 Å². The molecule has 2 aromatic carbocycles. The molecule has 1 heterocycles. The molecule has 0 aliphatic carbocycles. The molecule has 1 aromatic heterocycles. The molecular formula is C23H20O4S. The Balaban J connectivity index is 1.99. The molecule has 0 saturated carbocycles. The minimum Gasteiger partial charge on any atom is -0.490 e. The van der Waals surface area contributed by atoms with Gasteiger partial charge in [0.15, 0.2) is 5.78 Å². The molecule has 0 unspecified atom stereocenters. The Hall–Kier alpha value is -3.18. The Labute approximate surface area is 167 Å². The van der Waals surface area contributed by atoms with Gasteiger partial charge in [0.1, 0.15) is 5.75 Å². The molecule has 3 rings (SSSR count). The fourth-order valence-corrected chi connectivity index (χ4v) is 3.50. The first-order valence-corrected chi connectivity index (χ1v) is 9.66. The monoisotopic (exact) mass is 392 g/mol. The molecule has 142 valence electrons. The van der Waals surface area contributed by atoms with E-state index in [1.807, 2.05) is 49.6 Å². The first kappa shape index (κ1) is 19.6. The summed E-state index contributed by atoms with van der Waals surface area (Å²) in [5.74, 6) is -0.709. The number of ether oxygens (including phenoxy) is 1. The minimum absolute atomic E-state index is 0.0518. The van der Waals surface area contributed by atoms with Crippen LogP contribution in [0.2, 0.25) is 0 Å². The molecule has 0 radical (unpaired) electrons. The summed E-state index contributed by atoms with van der Waals surface area (Å²) >= 11 is 1.61. The Morgan fingerprint density at radius 2 is 1.71 bits per heavy atom. The van der Waals surface area contributed by atoms with Crippen molar-refractivity contribution >= 4 is 28.7 Å². The number of ketones is 1. The van der Waals surface area contributed by atoms with E-state index in [9.17, 15) is 9.59 Å². The van der Waals surface area contributed by atoms with E-state index >= 15 is 0 Å². The Morgan fingerprint density at radius 3 is 2.29 bits per heavy atom. The number of benzene rings is 2. The number of carbonyl (C=O) groups excluding carboxylic acids is 1. The van der Waals surface area contributed by atoms with Crippen LogP contribution in [-0.4, -0.2) is 23.0 Å². The van der Waals surface area contributed by atoms with Crippen LogP contribution in [0.5, 0.6) is 5.75 Å². The number of carboxylic acids is 1. The lowest BCUT2D eigenvalue weighted by atomic mass is 9.95. The average molecular weight is 392 g/mol. The maximum atomic E-state index is 13.0. The quantitative estimate of drug-likeness (QED) is 0.408. The highest BCUT2D eigenvalue weighted by Gasteiger charge is 2.18. The number of rotatable bonds is 7. The van der Waals surface area contributed by atoms with E-state index < -0.39 is 5.97 Å². The van der Waals surface area contributed by atoms with Gasteiger partial charge in [-0.15, -0.1) is 11.3 Å². The number of hydrogen-bond donors (Lipinski definition) is 1. The second-order valence-corrected chi connectivity index (χ2v) is 7.49. The molecule has 0 atom stereocenters. The van der Waals surface area contributed by atoms with Crippen LogP contribution in [0, 0.1) is 0 Å². The largest absolute Gasteiger partial charge is 0.490 e. The van der Waals surface area contributed by atoms with E-state index in [1.165, 1.54) is 24.3 Å². The van der Waals surface area contributed by atoms with Crippen molar-refractivity contribution in [1.82, 2.24) is 0 Å². The molecule has 0 aliphatic heterocycles. The van der Waals surface area contributed by atoms with Crippen molar-refractivity contribution in [2.45, 2.75) is 20.0 Å². The first-order valence-electron chi connectivity index (χ1n) is 8.78. The molecule has 0 spiro atoms. The van der Waals surface area contributed by atoms with Crippen LogP contribution in [-0.2, 0) is 0 Å². The predicted molar refractivity (Wildman–Crippen MR) is 112 cm³/mol. The van der Waals surface area contributed by atoms with Gasteiger partial charge in [-0.25, -0.2) is 4.79 Å². The van der Waals surface area contributed by atoms with Gasteiger partial charge in [0, 0.05) is 21.6 Å². The zero-order valence-corrected chi connectivity index (χ0v) is 16.5. The van der Waals surface area contributed by atoms with Crippen molar-refractivity contribution in [1.29, 1.82) is 0 Å². The number of hydrogen-bond acceptors (Lipinski definition) is 4. The lowest BCUT2D eigenvalue weighted by Gasteiger charge is -2.16. The summed E-state index contributed by atoms with van der Waals surface area (Å²) in [4.78, 5) is 25.1. The van der Waals surface area contributed by atoms with Gasteiger partial charge in [0.2, 0.25) is 0 Å². The van der Waals surface area contributed by atoms with Gasteiger partial charge >= 0.3 is 5.97 Å². The van der Waals surface area contributed by atoms with Crippen molar-refractivity contribution in [3.63, 3.8) is 0 Å². The van der Waals surface area contributed by atoms with E-state index in [0.717, 1.165) is 10.4 Å². The Bertz CT molecular complexity index is 1020. The zero-order valence-electron chi connectivity index (χ0n) is 15.6. The molecule has 0 saturated heterocycles. The second kappa shape index (κ2) is 8.23. The van der Waals surface area contributed by atoms with Crippen molar-refractivity contribution < 1.29 is 19.4 Å². The molecular weight excluding hydrogens is 372 g/mol. The first-order chi connectivity index (χ1) is 13.4. The summed E-state index contributed by atoms with van der Waals surface area (Å²) in [7, 11) is 0. The third kappa shape index (κ3) is 4.21. The van der Waals surface area contributed by atoms with Crippen molar-refractivity contribution in [3.05, 3.63) is 83.2 Å². The van der Waals surface area contributed by atoms with Gasteiger partial charge in [-0.1, -0.05) is 24.8 Å².